The first-order valence-corrected chi connectivity index (χ1v) is 8.75. The topological polar surface area (TPSA) is 12.5 Å². The molecular formula is C17H15ClF2INO. The van der Waals surface area contributed by atoms with Gasteiger partial charge in [-0.15, -0.1) is 0 Å². The number of nitrogens with zero attached hydrogens (tertiary/aromatic N) is 1. The first-order valence-electron chi connectivity index (χ1n) is 7.30. The zero-order chi connectivity index (χ0) is 16.6. The summed E-state index contributed by atoms with van der Waals surface area (Å²) in [6, 6.07) is 8.49. The van der Waals surface area contributed by atoms with Gasteiger partial charge in [-0.05, 0) is 84.2 Å². The van der Waals surface area contributed by atoms with Crippen molar-refractivity contribution in [1.29, 1.82) is 0 Å². The van der Waals surface area contributed by atoms with Crippen LogP contribution in [0.4, 0.5) is 20.2 Å². The molecule has 0 bridgehead atoms. The van der Waals surface area contributed by atoms with E-state index in [1.165, 1.54) is 17.2 Å². The Balaban J connectivity index is 2.02. The first-order chi connectivity index (χ1) is 11.0. The van der Waals surface area contributed by atoms with Crippen molar-refractivity contribution in [2.45, 2.75) is 19.8 Å². The summed E-state index contributed by atoms with van der Waals surface area (Å²) in [5.74, 6) is -1.58. The molecule has 0 amide bonds. The molecule has 2 nitrogen and oxygen atoms in total. The Bertz CT molecular complexity index is 737. The summed E-state index contributed by atoms with van der Waals surface area (Å²) in [7, 11) is 0. The third-order valence-corrected chi connectivity index (χ3v) is 4.71. The normalized spacial score (nSPS) is 14.1. The summed E-state index contributed by atoms with van der Waals surface area (Å²) in [4.78, 5) is 5.82. The molecule has 122 valence electrons. The van der Waals surface area contributed by atoms with Gasteiger partial charge in [-0.3, -0.25) is 4.84 Å². The molecule has 1 fully saturated rings. The average Bonchev–Trinajstić information content (AvgIpc) is 3.32. The van der Waals surface area contributed by atoms with Gasteiger partial charge in [-0.1, -0.05) is 11.6 Å². The lowest BCUT2D eigenvalue weighted by Crippen LogP contribution is -2.21. The van der Waals surface area contributed by atoms with Crippen LogP contribution >= 0.6 is 34.2 Å². The molecule has 2 aromatic rings. The van der Waals surface area contributed by atoms with Crippen molar-refractivity contribution in [3.63, 3.8) is 0 Å². The lowest BCUT2D eigenvalue weighted by atomic mass is 10.2. The molecular weight excluding hydrogens is 435 g/mol. The van der Waals surface area contributed by atoms with Gasteiger partial charge in [0.2, 0.25) is 0 Å². The number of aryl methyl sites for hydroxylation is 1. The number of hydrogen-bond acceptors (Lipinski definition) is 2. The molecule has 3 rings (SSSR count). The second-order valence-corrected chi connectivity index (χ2v) is 7.31. The van der Waals surface area contributed by atoms with Crippen molar-refractivity contribution in [2.75, 3.05) is 11.7 Å². The van der Waals surface area contributed by atoms with E-state index in [0.717, 1.165) is 22.0 Å². The van der Waals surface area contributed by atoms with E-state index in [2.05, 4.69) is 22.6 Å². The summed E-state index contributed by atoms with van der Waals surface area (Å²) in [5.41, 5.74) is 1.63. The Morgan fingerprint density at radius 2 is 1.87 bits per heavy atom. The van der Waals surface area contributed by atoms with Gasteiger partial charge in [0.15, 0.2) is 11.6 Å². The smallest absolute Gasteiger partial charge is 0.186 e. The van der Waals surface area contributed by atoms with Crippen molar-refractivity contribution in [3.8, 4) is 0 Å². The van der Waals surface area contributed by atoms with E-state index in [0.29, 0.717) is 18.2 Å². The first kappa shape index (κ1) is 16.9. The SMILES string of the molecule is Cc1cc(I)ccc1N(OCC1CC1)c1ccc(Cl)c(F)c1F. The van der Waals surface area contributed by atoms with Gasteiger partial charge in [-0.2, -0.15) is 0 Å². The second-order valence-electron chi connectivity index (χ2n) is 5.66. The van der Waals surface area contributed by atoms with Crippen LogP contribution in [0.1, 0.15) is 18.4 Å². The molecule has 23 heavy (non-hydrogen) atoms. The van der Waals surface area contributed by atoms with Crippen LogP contribution in [0.25, 0.3) is 0 Å². The van der Waals surface area contributed by atoms with Crippen LogP contribution in [0.2, 0.25) is 5.02 Å². The standard InChI is InChI=1S/C17H15ClF2INO/c1-10-8-12(21)4-6-14(10)22(23-9-11-2-3-11)15-7-5-13(18)16(19)17(15)20/h4-8,11H,2-3,9H2,1H3. The van der Waals surface area contributed by atoms with Crippen molar-refractivity contribution in [3.05, 3.63) is 56.1 Å². The van der Waals surface area contributed by atoms with Crippen molar-refractivity contribution in [1.82, 2.24) is 0 Å². The average molecular weight is 450 g/mol. The molecule has 1 aliphatic rings. The third-order valence-electron chi connectivity index (χ3n) is 3.75. The van der Waals surface area contributed by atoms with Crippen LogP contribution < -0.4 is 5.06 Å². The van der Waals surface area contributed by atoms with Crippen molar-refractivity contribution in [2.24, 2.45) is 5.92 Å². The molecule has 0 atom stereocenters. The number of halogens is 4. The highest BCUT2D eigenvalue weighted by atomic mass is 127. The predicted octanol–water partition coefficient (Wildman–Crippen LogP) is 6.01. The number of anilines is 2. The molecule has 1 saturated carbocycles. The number of rotatable bonds is 5. The Morgan fingerprint density at radius 1 is 1.17 bits per heavy atom. The fraction of sp³-hybridized carbons (Fsp3) is 0.294. The Hall–Kier alpha value is -0.920. The second kappa shape index (κ2) is 6.91. The molecule has 0 unspecified atom stereocenters. The maximum atomic E-state index is 14.4. The van der Waals surface area contributed by atoms with E-state index in [-0.39, 0.29) is 10.7 Å². The van der Waals surface area contributed by atoms with Crippen LogP contribution in [0.3, 0.4) is 0 Å². The molecule has 0 spiro atoms. The molecule has 0 aliphatic heterocycles. The minimum Gasteiger partial charge on any atom is -0.268 e. The van der Waals surface area contributed by atoms with Crippen LogP contribution in [0.5, 0.6) is 0 Å². The molecule has 0 aromatic heterocycles. The highest BCUT2D eigenvalue weighted by Crippen LogP contribution is 2.36. The van der Waals surface area contributed by atoms with Crippen molar-refractivity contribution >= 4 is 45.6 Å². The summed E-state index contributed by atoms with van der Waals surface area (Å²) < 4.78 is 29.3. The third kappa shape index (κ3) is 3.78. The van der Waals surface area contributed by atoms with Crippen molar-refractivity contribution < 1.29 is 13.6 Å². The highest BCUT2D eigenvalue weighted by Gasteiger charge is 2.26. The summed E-state index contributed by atoms with van der Waals surface area (Å²) >= 11 is 7.86. The Kier molecular flexibility index (Phi) is 5.08. The van der Waals surface area contributed by atoms with Crippen LogP contribution in [0.15, 0.2) is 30.3 Å². The van der Waals surface area contributed by atoms with E-state index in [4.69, 9.17) is 16.4 Å². The maximum Gasteiger partial charge on any atom is 0.186 e. The summed E-state index contributed by atoms with van der Waals surface area (Å²) in [5, 5.41) is 1.13. The zero-order valence-electron chi connectivity index (χ0n) is 12.5. The summed E-state index contributed by atoms with van der Waals surface area (Å²) in [6.45, 7) is 2.39. The molecule has 0 radical (unpaired) electrons. The number of benzene rings is 2. The minimum absolute atomic E-state index is 0.0249. The van der Waals surface area contributed by atoms with Gasteiger partial charge in [0, 0.05) is 3.57 Å². The number of hydrogen-bond donors (Lipinski definition) is 0. The van der Waals surface area contributed by atoms with Gasteiger partial charge >= 0.3 is 0 Å². The molecule has 0 saturated heterocycles. The van der Waals surface area contributed by atoms with Crippen LogP contribution in [-0.4, -0.2) is 6.61 Å². The monoisotopic (exact) mass is 449 g/mol. The van der Waals surface area contributed by atoms with Gasteiger partial charge in [0.05, 0.1) is 17.3 Å². The van der Waals surface area contributed by atoms with E-state index in [1.54, 1.807) is 0 Å². The molecule has 0 N–H and O–H groups in total. The van der Waals surface area contributed by atoms with E-state index in [1.807, 2.05) is 25.1 Å². The highest BCUT2D eigenvalue weighted by molar-refractivity contribution is 14.1. The van der Waals surface area contributed by atoms with Gasteiger partial charge in [0.1, 0.15) is 5.69 Å². The molecule has 0 heterocycles. The molecule has 6 heteroatoms. The van der Waals surface area contributed by atoms with Gasteiger partial charge in [0.25, 0.3) is 0 Å². The van der Waals surface area contributed by atoms with E-state index in [9.17, 15) is 8.78 Å². The van der Waals surface area contributed by atoms with Crippen LogP contribution in [0, 0.1) is 28.0 Å². The minimum atomic E-state index is -1.06. The van der Waals surface area contributed by atoms with E-state index >= 15 is 0 Å². The Morgan fingerprint density at radius 3 is 2.52 bits per heavy atom. The fourth-order valence-corrected chi connectivity index (χ4v) is 3.05. The Labute approximate surface area is 152 Å². The van der Waals surface area contributed by atoms with E-state index < -0.39 is 11.6 Å². The zero-order valence-corrected chi connectivity index (χ0v) is 15.4. The van der Waals surface area contributed by atoms with Gasteiger partial charge < -0.3 is 0 Å². The molecule has 2 aromatic carbocycles. The quantitative estimate of drug-likeness (QED) is 0.315. The predicted molar refractivity (Wildman–Crippen MR) is 96.1 cm³/mol. The van der Waals surface area contributed by atoms with Crippen LogP contribution in [-0.2, 0) is 4.84 Å². The lowest BCUT2D eigenvalue weighted by molar-refractivity contribution is 0.123. The van der Waals surface area contributed by atoms with Gasteiger partial charge in [-0.25, -0.2) is 13.8 Å². The lowest BCUT2D eigenvalue weighted by Gasteiger charge is -2.26. The largest absolute Gasteiger partial charge is 0.268 e. The maximum absolute atomic E-state index is 14.4. The summed E-state index contributed by atoms with van der Waals surface area (Å²) in [6.07, 6.45) is 2.22. The fourth-order valence-electron chi connectivity index (χ4n) is 2.25. The molecule has 1 aliphatic carbocycles.